The quantitative estimate of drug-likeness (QED) is 0.242. The van der Waals surface area contributed by atoms with E-state index in [1.54, 1.807) is 18.2 Å². The van der Waals surface area contributed by atoms with Crippen molar-refractivity contribution >= 4 is 17.5 Å². The molecule has 0 aliphatic heterocycles. The molecule has 0 spiro atoms. The fourth-order valence-corrected chi connectivity index (χ4v) is 2.36. The van der Waals surface area contributed by atoms with Crippen LogP contribution in [0.1, 0.15) is 15.9 Å². The molecule has 0 N–H and O–H groups in total. The smallest absolute Gasteiger partial charge is 0.280 e. The monoisotopic (exact) mass is 368 g/mol. The summed E-state index contributed by atoms with van der Waals surface area (Å²) < 4.78 is 15.2. The van der Waals surface area contributed by atoms with E-state index in [2.05, 4.69) is 0 Å². The van der Waals surface area contributed by atoms with E-state index in [1.165, 1.54) is 45.6 Å². The number of methoxy groups -OCH3 is 3. The van der Waals surface area contributed by atoms with Crippen LogP contribution in [0.25, 0.3) is 6.08 Å². The maximum Gasteiger partial charge on any atom is 0.280 e. The molecule has 0 unspecified atom stereocenters. The van der Waals surface area contributed by atoms with Gasteiger partial charge in [-0.05, 0) is 36.4 Å². The van der Waals surface area contributed by atoms with Gasteiger partial charge in [-0.15, -0.1) is 0 Å². The highest BCUT2D eigenvalue weighted by Crippen LogP contribution is 2.35. The maximum absolute atomic E-state index is 12.6. The number of allylic oxidation sites excluding steroid dienone is 1. The molecule has 0 aliphatic carbocycles. The highest BCUT2D eigenvalue weighted by atomic mass is 16.6. The van der Waals surface area contributed by atoms with Crippen molar-refractivity contribution < 1.29 is 23.9 Å². The average molecular weight is 368 g/mol. The van der Waals surface area contributed by atoms with Gasteiger partial charge in [-0.25, -0.2) is 0 Å². The third-order valence-corrected chi connectivity index (χ3v) is 3.75. The van der Waals surface area contributed by atoms with Crippen molar-refractivity contribution in [2.24, 2.45) is 0 Å². The average Bonchev–Trinajstić information content (AvgIpc) is 2.70. The van der Waals surface area contributed by atoms with E-state index in [0.29, 0.717) is 5.75 Å². The van der Waals surface area contributed by atoms with Gasteiger partial charge in [-0.2, -0.15) is 5.26 Å². The molecule has 27 heavy (non-hydrogen) atoms. The van der Waals surface area contributed by atoms with Crippen LogP contribution in [0.4, 0.5) is 5.69 Å². The highest BCUT2D eigenvalue weighted by Gasteiger charge is 2.20. The van der Waals surface area contributed by atoms with Gasteiger partial charge in [-0.3, -0.25) is 14.9 Å². The number of ketones is 1. The van der Waals surface area contributed by atoms with Crippen molar-refractivity contribution in [3.8, 4) is 23.3 Å². The number of carbonyl (C=O) groups excluding carboxylic acids is 1. The fourth-order valence-electron chi connectivity index (χ4n) is 2.36. The van der Waals surface area contributed by atoms with E-state index < -0.39 is 10.7 Å². The van der Waals surface area contributed by atoms with Gasteiger partial charge < -0.3 is 14.2 Å². The Labute approximate surface area is 155 Å². The SMILES string of the molecule is COc1ccc(C(=O)C(C#N)=Cc2cc(OC)c(OC)cc2[N+](=O)[O-])cc1. The van der Waals surface area contributed by atoms with Crippen LogP contribution in [-0.4, -0.2) is 32.0 Å². The number of benzene rings is 2. The molecule has 0 saturated heterocycles. The lowest BCUT2D eigenvalue weighted by molar-refractivity contribution is -0.385. The maximum atomic E-state index is 12.6. The summed E-state index contributed by atoms with van der Waals surface area (Å²) in [6.07, 6.45) is 1.16. The minimum absolute atomic E-state index is 0.0519. The van der Waals surface area contributed by atoms with Gasteiger partial charge in [0.1, 0.15) is 17.4 Å². The Bertz CT molecular complexity index is 942. The van der Waals surface area contributed by atoms with Gasteiger partial charge in [-0.1, -0.05) is 0 Å². The van der Waals surface area contributed by atoms with E-state index in [-0.39, 0.29) is 33.9 Å². The molecule has 0 aliphatic rings. The Morgan fingerprint density at radius 1 is 1.07 bits per heavy atom. The van der Waals surface area contributed by atoms with Gasteiger partial charge in [0, 0.05) is 5.56 Å². The van der Waals surface area contributed by atoms with Gasteiger partial charge in [0.2, 0.25) is 5.78 Å². The summed E-state index contributed by atoms with van der Waals surface area (Å²) in [5.74, 6) is 0.402. The molecule has 0 saturated carbocycles. The van der Waals surface area contributed by atoms with Gasteiger partial charge >= 0.3 is 0 Å². The molecule has 8 nitrogen and oxygen atoms in total. The summed E-state index contributed by atoms with van der Waals surface area (Å²) in [4.78, 5) is 23.3. The van der Waals surface area contributed by atoms with Crippen LogP contribution in [0.5, 0.6) is 17.2 Å². The number of nitro benzene ring substituents is 1. The Kier molecular flexibility index (Phi) is 6.12. The first-order valence-electron chi connectivity index (χ1n) is 7.66. The molecule has 2 aromatic carbocycles. The molecule has 0 radical (unpaired) electrons. The summed E-state index contributed by atoms with van der Waals surface area (Å²) in [5.41, 5.74) is -0.263. The van der Waals surface area contributed by atoms with Crippen molar-refractivity contribution in [3.63, 3.8) is 0 Å². The van der Waals surface area contributed by atoms with Crippen LogP contribution in [0, 0.1) is 21.4 Å². The Balaban J connectivity index is 2.54. The number of rotatable bonds is 7. The number of nitrogens with zero attached hydrogens (tertiary/aromatic N) is 2. The van der Waals surface area contributed by atoms with E-state index >= 15 is 0 Å². The highest BCUT2D eigenvalue weighted by molar-refractivity contribution is 6.14. The first kappa shape index (κ1) is 19.5. The predicted octanol–water partition coefficient (Wildman–Crippen LogP) is 3.41. The number of nitriles is 1. The molecule has 138 valence electrons. The van der Waals surface area contributed by atoms with Crippen LogP contribution in [0.15, 0.2) is 42.0 Å². The third kappa shape index (κ3) is 4.22. The second kappa shape index (κ2) is 8.49. The molecule has 0 bridgehead atoms. The first-order valence-corrected chi connectivity index (χ1v) is 7.66. The number of hydrogen-bond donors (Lipinski definition) is 0. The minimum Gasteiger partial charge on any atom is -0.497 e. The fraction of sp³-hybridized carbons (Fsp3) is 0.158. The molecule has 0 amide bonds. The topological polar surface area (TPSA) is 112 Å². The summed E-state index contributed by atoms with van der Waals surface area (Å²) in [5, 5.41) is 20.8. The van der Waals surface area contributed by atoms with Gasteiger partial charge in [0.05, 0.1) is 37.9 Å². The van der Waals surface area contributed by atoms with Crippen LogP contribution < -0.4 is 14.2 Å². The molecule has 0 heterocycles. The summed E-state index contributed by atoms with van der Waals surface area (Å²) in [6, 6.07) is 10.5. The zero-order chi connectivity index (χ0) is 20.0. The third-order valence-electron chi connectivity index (χ3n) is 3.75. The van der Waals surface area contributed by atoms with E-state index in [9.17, 15) is 20.2 Å². The predicted molar refractivity (Wildman–Crippen MR) is 97.1 cm³/mol. The van der Waals surface area contributed by atoms with Crippen LogP contribution in [-0.2, 0) is 0 Å². The van der Waals surface area contributed by atoms with Crippen molar-refractivity contribution in [3.05, 3.63) is 63.2 Å². The molecule has 0 fully saturated rings. The summed E-state index contributed by atoms with van der Waals surface area (Å²) in [6.45, 7) is 0. The van der Waals surface area contributed by atoms with E-state index in [1.807, 2.05) is 0 Å². The Hall–Kier alpha value is -3.86. The second-order valence-electron chi connectivity index (χ2n) is 5.25. The molecular weight excluding hydrogens is 352 g/mol. The summed E-state index contributed by atoms with van der Waals surface area (Å²) in [7, 11) is 4.23. The lowest BCUT2D eigenvalue weighted by Crippen LogP contribution is -2.03. The molecule has 2 rings (SSSR count). The lowest BCUT2D eigenvalue weighted by Gasteiger charge is -2.09. The Morgan fingerprint density at radius 3 is 2.15 bits per heavy atom. The largest absolute Gasteiger partial charge is 0.497 e. The molecular formula is C19H16N2O6. The molecule has 2 aromatic rings. The standard InChI is InChI=1S/C19H16N2O6/c1-25-15-6-4-12(5-7-15)19(22)14(11-20)8-13-9-17(26-2)18(27-3)10-16(13)21(23)24/h4-10H,1-3H3. The zero-order valence-corrected chi connectivity index (χ0v) is 14.9. The number of nitro groups is 1. The minimum atomic E-state index is -0.624. The normalized spacial score (nSPS) is 10.7. The zero-order valence-electron chi connectivity index (χ0n) is 14.9. The van der Waals surface area contributed by atoms with Crippen molar-refractivity contribution in [1.82, 2.24) is 0 Å². The number of Topliss-reactive ketones (excluding diaryl/α,β-unsaturated/α-hetero) is 1. The van der Waals surface area contributed by atoms with E-state index in [4.69, 9.17) is 14.2 Å². The number of ether oxygens (including phenoxy) is 3. The van der Waals surface area contributed by atoms with Crippen LogP contribution in [0.2, 0.25) is 0 Å². The van der Waals surface area contributed by atoms with Crippen LogP contribution >= 0.6 is 0 Å². The van der Waals surface area contributed by atoms with Crippen molar-refractivity contribution in [2.45, 2.75) is 0 Å². The van der Waals surface area contributed by atoms with E-state index in [0.717, 1.165) is 6.08 Å². The van der Waals surface area contributed by atoms with Crippen molar-refractivity contribution in [1.29, 1.82) is 5.26 Å². The first-order chi connectivity index (χ1) is 12.9. The number of carbonyl (C=O) groups is 1. The molecule has 0 aromatic heterocycles. The van der Waals surface area contributed by atoms with Crippen molar-refractivity contribution in [2.75, 3.05) is 21.3 Å². The lowest BCUT2D eigenvalue weighted by atomic mass is 10.0. The van der Waals surface area contributed by atoms with Gasteiger partial charge in [0.15, 0.2) is 11.5 Å². The summed E-state index contributed by atoms with van der Waals surface area (Å²) >= 11 is 0. The second-order valence-corrected chi connectivity index (χ2v) is 5.25. The molecule has 8 heteroatoms. The molecule has 0 atom stereocenters. The van der Waals surface area contributed by atoms with Crippen LogP contribution in [0.3, 0.4) is 0 Å². The number of hydrogen-bond acceptors (Lipinski definition) is 7. The Morgan fingerprint density at radius 2 is 1.67 bits per heavy atom. The van der Waals surface area contributed by atoms with Gasteiger partial charge in [0.25, 0.3) is 5.69 Å².